The Kier molecular flexibility index (Phi) is 4.74. The molecular formula is C14H20N4O3. The van der Waals surface area contributed by atoms with Crippen LogP contribution in [-0.4, -0.2) is 35.1 Å². The number of nitrogens with two attached hydrogens (primary N) is 1. The number of hydrogen-bond donors (Lipinski definition) is 3. The highest BCUT2D eigenvalue weighted by molar-refractivity contribution is 6.06. The number of nitrogens with one attached hydrogen (secondary N) is 1. The molecule has 1 aliphatic heterocycles. The molecule has 1 unspecified atom stereocenters. The van der Waals surface area contributed by atoms with Crippen LogP contribution in [0.15, 0.2) is 29.7 Å². The highest BCUT2D eigenvalue weighted by Gasteiger charge is 2.44. The van der Waals surface area contributed by atoms with E-state index in [1.54, 1.807) is 12.4 Å². The van der Waals surface area contributed by atoms with Gasteiger partial charge in [0.05, 0.1) is 6.04 Å². The molecule has 0 spiro atoms. The summed E-state index contributed by atoms with van der Waals surface area (Å²) in [5, 5.41) is 15.0. The number of nitrogens with zero attached hydrogens (tertiary/aromatic N) is 2. The normalized spacial score (nSPS) is 19.8. The van der Waals surface area contributed by atoms with Crippen LogP contribution in [0.25, 0.3) is 0 Å². The van der Waals surface area contributed by atoms with Crippen LogP contribution in [0, 0.1) is 5.41 Å². The molecular weight excluding hydrogens is 272 g/mol. The molecule has 1 fully saturated rings. The molecule has 7 nitrogen and oxygen atoms in total. The molecule has 0 aliphatic carbocycles. The first-order chi connectivity index (χ1) is 10.1. The van der Waals surface area contributed by atoms with Crippen LogP contribution in [0.3, 0.4) is 0 Å². The Morgan fingerprint density at radius 2 is 2.29 bits per heavy atom. The monoisotopic (exact) mass is 292 g/mol. The molecule has 1 aromatic rings. The van der Waals surface area contributed by atoms with E-state index >= 15 is 0 Å². The molecule has 1 amide bonds. The van der Waals surface area contributed by atoms with Gasteiger partial charge < -0.3 is 21.0 Å². The lowest BCUT2D eigenvalue weighted by Crippen LogP contribution is -2.53. The first-order valence-electron chi connectivity index (χ1n) is 6.87. The highest BCUT2D eigenvalue weighted by Crippen LogP contribution is 2.32. The van der Waals surface area contributed by atoms with Gasteiger partial charge in [0.25, 0.3) is 0 Å². The van der Waals surface area contributed by atoms with E-state index in [0.29, 0.717) is 26.1 Å². The van der Waals surface area contributed by atoms with E-state index in [1.165, 1.54) is 0 Å². The van der Waals surface area contributed by atoms with Crippen molar-refractivity contribution < 1.29 is 14.7 Å². The SMILES string of the molecule is CC(NC(=O)C1(C(N)=NO)CCOCC1)c1cccnc1. The van der Waals surface area contributed by atoms with Gasteiger partial charge in [-0.2, -0.15) is 0 Å². The molecule has 4 N–H and O–H groups in total. The predicted octanol–water partition coefficient (Wildman–Crippen LogP) is 0.802. The average molecular weight is 292 g/mol. The molecule has 1 aliphatic rings. The fourth-order valence-electron chi connectivity index (χ4n) is 2.47. The van der Waals surface area contributed by atoms with Crippen LogP contribution in [0.5, 0.6) is 0 Å². The lowest BCUT2D eigenvalue weighted by atomic mass is 9.78. The lowest BCUT2D eigenvalue weighted by Gasteiger charge is -2.35. The van der Waals surface area contributed by atoms with E-state index in [9.17, 15) is 4.79 Å². The molecule has 1 atom stereocenters. The Labute approximate surface area is 123 Å². The molecule has 7 heteroatoms. The summed E-state index contributed by atoms with van der Waals surface area (Å²) in [5.74, 6) is -0.320. The maximum atomic E-state index is 12.6. The smallest absolute Gasteiger partial charge is 0.234 e. The zero-order valence-corrected chi connectivity index (χ0v) is 12.0. The van der Waals surface area contributed by atoms with E-state index in [1.807, 2.05) is 19.1 Å². The van der Waals surface area contributed by atoms with Crippen molar-refractivity contribution in [3.63, 3.8) is 0 Å². The summed E-state index contributed by atoms with van der Waals surface area (Å²) in [4.78, 5) is 16.7. The van der Waals surface area contributed by atoms with Crippen LogP contribution < -0.4 is 11.1 Å². The second-order valence-electron chi connectivity index (χ2n) is 5.16. The Morgan fingerprint density at radius 3 is 2.86 bits per heavy atom. The molecule has 2 rings (SSSR count). The lowest BCUT2D eigenvalue weighted by molar-refractivity contribution is -0.132. The third-order valence-corrected chi connectivity index (χ3v) is 3.91. The molecule has 2 heterocycles. The fraction of sp³-hybridized carbons (Fsp3) is 0.500. The maximum Gasteiger partial charge on any atom is 0.234 e. The van der Waals surface area contributed by atoms with Crippen molar-refractivity contribution in [3.05, 3.63) is 30.1 Å². The number of aromatic nitrogens is 1. The van der Waals surface area contributed by atoms with Gasteiger partial charge in [0.2, 0.25) is 5.91 Å². The van der Waals surface area contributed by atoms with Crippen LogP contribution >= 0.6 is 0 Å². The number of hydrogen-bond acceptors (Lipinski definition) is 5. The van der Waals surface area contributed by atoms with Gasteiger partial charge in [0, 0.05) is 25.6 Å². The molecule has 0 radical (unpaired) electrons. The maximum absolute atomic E-state index is 12.6. The fourth-order valence-corrected chi connectivity index (χ4v) is 2.47. The summed E-state index contributed by atoms with van der Waals surface area (Å²) in [7, 11) is 0. The minimum atomic E-state index is -1.01. The van der Waals surface area contributed by atoms with Crippen molar-refractivity contribution in [1.29, 1.82) is 0 Å². The minimum absolute atomic E-state index is 0.0679. The summed E-state index contributed by atoms with van der Waals surface area (Å²) in [5.41, 5.74) is 5.65. The quantitative estimate of drug-likeness (QED) is 0.329. The second-order valence-corrected chi connectivity index (χ2v) is 5.16. The van der Waals surface area contributed by atoms with Gasteiger partial charge in [-0.15, -0.1) is 0 Å². The van der Waals surface area contributed by atoms with Crippen molar-refractivity contribution in [1.82, 2.24) is 10.3 Å². The van der Waals surface area contributed by atoms with Crippen LogP contribution in [0.2, 0.25) is 0 Å². The largest absolute Gasteiger partial charge is 0.409 e. The Hall–Kier alpha value is -2.15. The van der Waals surface area contributed by atoms with Crippen molar-refractivity contribution in [2.75, 3.05) is 13.2 Å². The Bertz CT molecular complexity index is 512. The Balaban J connectivity index is 2.16. The van der Waals surface area contributed by atoms with Gasteiger partial charge in [-0.3, -0.25) is 9.78 Å². The van der Waals surface area contributed by atoms with E-state index in [0.717, 1.165) is 5.56 Å². The number of carbonyl (C=O) groups excluding carboxylic acids is 1. The number of ether oxygens (including phenoxy) is 1. The molecule has 0 aromatic carbocycles. The molecule has 1 aromatic heterocycles. The third kappa shape index (κ3) is 3.13. The summed E-state index contributed by atoms with van der Waals surface area (Å²) in [6, 6.07) is 3.49. The van der Waals surface area contributed by atoms with Crippen LogP contribution in [0.4, 0.5) is 0 Å². The third-order valence-electron chi connectivity index (χ3n) is 3.91. The predicted molar refractivity (Wildman–Crippen MR) is 76.7 cm³/mol. The van der Waals surface area contributed by atoms with Gasteiger partial charge in [0.15, 0.2) is 5.84 Å². The standard InChI is InChI=1S/C14H20N4O3/c1-10(11-3-2-6-16-9-11)17-13(19)14(12(15)18-20)4-7-21-8-5-14/h2-3,6,9-10,20H,4-5,7-8H2,1H3,(H2,15,18)(H,17,19). The van der Waals surface area contributed by atoms with Gasteiger partial charge in [0.1, 0.15) is 5.41 Å². The summed E-state index contributed by atoms with van der Waals surface area (Å²) in [6.07, 6.45) is 4.17. The number of pyridine rings is 1. The Morgan fingerprint density at radius 1 is 1.57 bits per heavy atom. The van der Waals surface area contributed by atoms with Gasteiger partial charge >= 0.3 is 0 Å². The number of carbonyl (C=O) groups is 1. The second kappa shape index (κ2) is 6.53. The van der Waals surface area contributed by atoms with Crippen LogP contribution in [0.1, 0.15) is 31.4 Å². The van der Waals surface area contributed by atoms with Crippen LogP contribution in [-0.2, 0) is 9.53 Å². The zero-order valence-electron chi connectivity index (χ0n) is 12.0. The number of amidine groups is 1. The van der Waals surface area contributed by atoms with Gasteiger partial charge in [-0.1, -0.05) is 11.2 Å². The van der Waals surface area contributed by atoms with E-state index in [4.69, 9.17) is 15.7 Å². The van der Waals surface area contributed by atoms with Crippen molar-refractivity contribution in [3.8, 4) is 0 Å². The van der Waals surface area contributed by atoms with Gasteiger partial charge in [-0.05, 0) is 31.4 Å². The molecule has 0 bridgehead atoms. The molecule has 114 valence electrons. The summed E-state index contributed by atoms with van der Waals surface area (Å²) < 4.78 is 5.28. The van der Waals surface area contributed by atoms with E-state index in [-0.39, 0.29) is 17.8 Å². The van der Waals surface area contributed by atoms with Gasteiger partial charge in [-0.25, -0.2) is 0 Å². The first-order valence-corrected chi connectivity index (χ1v) is 6.87. The van der Waals surface area contributed by atoms with E-state index in [2.05, 4.69) is 15.5 Å². The van der Waals surface area contributed by atoms with Crippen molar-refractivity contribution >= 4 is 11.7 Å². The van der Waals surface area contributed by atoms with E-state index < -0.39 is 5.41 Å². The number of amides is 1. The molecule has 0 saturated carbocycles. The summed E-state index contributed by atoms with van der Waals surface area (Å²) >= 11 is 0. The molecule has 21 heavy (non-hydrogen) atoms. The number of oxime groups is 1. The highest BCUT2D eigenvalue weighted by atomic mass is 16.5. The van der Waals surface area contributed by atoms with Crippen molar-refractivity contribution in [2.24, 2.45) is 16.3 Å². The number of rotatable bonds is 4. The molecule has 1 saturated heterocycles. The topological polar surface area (TPSA) is 110 Å². The zero-order chi connectivity index (χ0) is 15.3. The summed E-state index contributed by atoms with van der Waals surface area (Å²) in [6.45, 7) is 2.68. The average Bonchev–Trinajstić information content (AvgIpc) is 2.55. The minimum Gasteiger partial charge on any atom is -0.409 e. The van der Waals surface area contributed by atoms with Crippen molar-refractivity contribution in [2.45, 2.75) is 25.8 Å². The first kappa shape index (κ1) is 15.2.